The van der Waals surface area contributed by atoms with Crippen LogP contribution in [0.1, 0.15) is 0 Å². The van der Waals surface area contributed by atoms with Crippen LogP contribution in [0.5, 0.6) is 0 Å². The van der Waals surface area contributed by atoms with Crippen molar-refractivity contribution in [1.82, 2.24) is 19.5 Å². The molecule has 0 atom stereocenters. The number of para-hydroxylation sites is 2. The molecule has 0 saturated carbocycles. The Kier molecular flexibility index (Phi) is 11.2. The number of hydrogen-bond acceptors (Lipinski definition) is 4. The summed E-state index contributed by atoms with van der Waals surface area (Å²) in [5.74, 6) is 1.82. The molecule has 0 unspecified atom stereocenters. The topological polar surface area (TPSA) is 43.6 Å². The van der Waals surface area contributed by atoms with E-state index in [1.165, 1.54) is 54.1 Å². The molecule has 14 rings (SSSR count). The predicted octanol–water partition coefficient (Wildman–Crippen LogP) is 15.0. The number of nitrogens with zero attached hydrogens (tertiary/aromatic N) is 4. The van der Waals surface area contributed by atoms with Crippen molar-refractivity contribution in [2.24, 2.45) is 0 Å². The summed E-state index contributed by atoms with van der Waals surface area (Å²) in [6.07, 6.45) is 0. The normalized spacial score (nSPS) is 11.7. The molecule has 352 valence electrons. The van der Waals surface area contributed by atoms with E-state index in [0.717, 1.165) is 50.1 Å². The molecule has 3 aromatic heterocycles. The van der Waals surface area contributed by atoms with Gasteiger partial charge in [-0.2, -0.15) is 0 Å². The van der Waals surface area contributed by atoms with E-state index in [1.54, 1.807) is 0 Å². The predicted molar refractivity (Wildman–Crippen MR) is 318 cm³/mol. The standard InChI is InChI=1S/C69H46GeN4S/c1-5-22-47(23-6-1)56-43-42-51(46-64(56)74-62-39-16-13-34-58(62)59-35-14-17-40-63(59)74)69-72-67(49-25-19-24-48(44-49)57-37-21-38-61-60-36-15-18-41-65(60)75-66(57)61)71-68(73-69)50-26-20-33-55(45-50)70(52-27-7-2-8-28-52,53-29-9-3-10-30-53)54-31-11-4-12-32-54/h1-46H. The van der Waals surface area contributed by atoms with E-state index >= 15 is 0 Å². The Labute approximate surface area is 441 Å². The zero-order valence-electron chi connectivity index (χ0n) is 40.8. The fourth-order valence-electron chi connectivity index (χ4n) is 11.4. The molecular formula is C69H46GeN4S. The fourth-order valence-corrected chi connectivity index (χ4v) is 22.7. The molecule has 4 nitrogen and oxygen atoms in total. The molecule has 0 fully saturated rings. The Morgan fingerprint density at radius 1 is 0.293 bits per heavy atom. The summed E-state index contributed by atoms with van der Waals surface area (Å²) in [6, 6.07) is 101. The van der Waals surface area contributed by atoms with Gasteiger partial charge in [-0.3, -0.25) is 0 Å². The van der Waals surface area contributed by atoms with Gasteiger partial charge in [0.15, 0.2) is 0 Å². The van der Waals surface area contributed by atoms with Crippen LogP contribution >= 0.6 is 11.3 Å². The number of rotatable bonds is 10. The first-order valence-corrected chi connectivity index (χ1v) is 30.4. The maximum absolute atomic E-state index is 5.53. The van der Waals surface area contributed by atoms with Crippen molar-refractivity contribution < 1.29 is 0 Å². The number of aromatic nitrogens is 4. The van der Waals surface area contributed by atoms with Crippen LogP contribution in [-0.4, -0.2) is 32.8 Å². The van der Waals surface area contributed by atoms with Gasteiger partial charge in [0.05, 0.1) is 0 Å². The third-order valence-corrected chi connectivity index (χ3v) is 26.0. The van der Waals surface area contributed by atoms with Crippen LogP contribution in [0.4, 0.5) is 0 Å². The van der Waals surface area contributed by atoms with Crippen molar-refractivity contribution in [2.75, 3.05) is 0 Å². The van der Waals surface area contributed by atoms with Crippen LogP contribution < -0.4 is 17.6 Å². The van der Waals surface area contributed by atoms with Crippen LogP contribution in [0.3, 0.4) is 0 Å². The van der Waals surface area contributed by atoms with E-state index in [4.69, 9.17) is 15.0 Å². The SMILES string of the molecule is c1ccc(-c2ccc(-c3nc(-c4cccc(-c5cccc6c5sc5ccccc56)c4)nc(-c4ccc[c]([Ge]([c]5ccccc5)([c]5ccccc5)[c]5ccccc5)c4)n3)cc2-n2c3ccccc3c3ccccc32)cc1. The molecule has 0 amide bonds. The van der Waals surface area contributed by atoms with Gasteiger partial charge < -0.3 is 0 Å². The minimum Gasteiger partial charge on any atom is -0.0616 e. The van der Waals surface area contributed by atoms with Gasteiger partial charge in [-0.15, -0.1) is 0 Å². The molecule has 0 aliphatic carbocycles. The third kappa shape index (κ3) is 7.70. The van der Waals surface area contributed by atoms with Gasteiger partial charge in [0, 0.05) is 10.1 Å². The Bertz CT molecular complexity index is 4270. The van der Waals surface area contributed by atoms with Gasteiger partial charge in [-0.25, -0.2) is 0 Å². The van der Waals surface area contributed by atoms with Crippen LogP contribution in [0.2, 0.25) is 0 Å². The van der Waals surface area contributed by atoms with Crippen LogP contribution in [-0.2, 0) is 0 Å². The monoisotopic (exact) mass is 1040 g/mol. The second-order valence-electron chi connectivity index (χ2n) is 19.1. The molecule has 0 N–H and O–H groups in total. The zero-order chi connectivity index (χ0) is 49.7. The fraction of sp³-hybridized carbons (Fsp3) is 0. The van der Waals surface area contributed by atoms with Crippen LogP contribution in [0, 0.1) is 0 Å². The van der Waals surface area contributed by atoms with Crippen molar-refractivity contribution in [1.29, 1.82) is 0 Å². The molecule has 0 saturated heterocycles. The number of hydrogen-bond donors (Lipinski definition) is 0. The van der Waals surface area contributed by atoms with E-state index in [0.29, 0.717) is 17.5 Å². The van der Waals surface area contributed by atoms with Crippen molar-refractivity contribution in [3.63, 3.8) is 0 Å². The Morgan fingerprint density at radius 3 is 1.35 bits per heavy atom. The quantitative estimate of drug-likeness (QED) is 0.128. The van der Waals surface area contributed by atoms with Crippen molar-refractivity contribution in [3.8, 4) is 62.1 Å². The second-order valence-corrected chi connectivity index (χ2v) is 28.1. The summed E-state index contributed by atoms with van der Waals surface area (Å²) in [4.78, 5) is 16.5. The summed E-state index contributed by atoms with van der Waals surface area (Å²) in [5, 5.41) is 4.96. The molecule has 6 heteroatoms. The smallest absolute Gasteiger partial charge is 0.0616 e. The Hall–Kier alpha value is -9.01. The summed E-state index contributed by atoms with van der Waals surface area (Å²) in [6.45, 7) is 0. The summed E-state index contributed by atoms with van der Waals surface area (Å²) in [7, 11) is 0. The molecular weight excluding hydrogens is 989 g/mol. The minimum absolute atomic E-state index is 0.598. The van der Waals surface area contributed by atoms with E-state index in [9.17, 15) is 0 Å². The minimum atomic E-state index is -3.68. The van der Waals surface area contributed by atoms with Crippen LogP contribution in [0.15, 0.2) is 279 Å². The number of fused-ring (bicyclic) bond motifs is 6. The number of benzene rings is 11. The molecule has 0 radical (unpaired) electrons. The molecule has 11 aromatic carbocycles. The van der Waals surface area contributed by atoms with Crippen molar-refractivity contribution in [3.05, 3.63) is 279 Å². The molecule has 14 aromatic rings. The molecule has 75 heavy (non-hydrogen) atoms. The molecule has 3 heterocycles. The van der Waals surface area contributed by atoms with E-state index in [2.05, 4.69) is 284 Å². The summed E-state index contributed by atoms with van der Waals surface area (Å²) < 4.78 is 10.3. The van der Waals surface area contributed by atoms with Gasteiger partial charge >= 0.3 is 350 Å². The average Bonchev–Trinajstić information content (AvgIpc) is 4.06. The van der Waals surface area contributed by atoms with Gasteiger partial charge in [-0.05, 0) is 6.07 Å². The Morgan fingerprint density at radius 2 is 0.733 bits per heavy atom. The van der Waals surface area contributed by atoms with Gasteiger partial charge in [-0.1, -0.05) is 78.9 Å². The first-order valence-electron chi connectivity index (χ1n) is 25.4. The van der Waals surface area contributed by atoms with Crippen molar-refractivity contribution in [2.45, 2.75) is 0 Å². The Balaban J connectivity index is 1.01. The first-order chi connectivity index (χ1) is 37.2. The molecule has 0 spiro atoms. The third-order valence-electron chi connectivity index (χ3n) is 14.8. The van der Waals surface area contributed by atoms with E-state index in [-0.39, 0.29) is 0 Å². The van der Waals surface area contributed by atoms with E-state index < -0.39 is 13.3 Å². The van der Waals surface area contributed by atoms with Gasteiger partial charge in [0.2, 0.25) is 0 Å². The zero-order valence-corrected chi connectivity index (χ0v) is 43.7. The van der Waals surface area contributed by atoms with Crippen LogP contribution in [0.25, 0.3) is 104 Å². The van der Waals surface area contributed by atoms with Crippen molar-refractivity contribution >= 4 is 84.2 Å². The summed E-state index contributed by atoms with van der Waals surface area (Å²) in [5.41, 5.74) is 10.6. The first kappa shape index (κ1) is 44.7. The van der Waals surface area contributed by atoms with Gasteiger partial charge in [0.1, 0.15) is 0 Å². The molecule has 0 aliphatic rings. The second kappa shape index (κ2) is 18.8. The molecule has 0 aliphatic heterocycles. The summed E-state index contributed by atoms with van der Waals surface area (Å²) >= 11 is -1.83. The number of thiophene rings is 1. The van der Waals surface area contributed by atoms with E-state index in [1.807, 2.05) is 11.3 Å². The van der Waals surface area contributed by atoms with Gasteiger partial charge in [0.25, 0.3) is 0 Å². The maximum atomic E-state index is 5.53. The average molecular weight is 1040 g/mol. The molecule has 0 bridgehead atoms.